The third kappa shape index (κ3) is 2.23. The standard InChI is InChI=1S/C14H16N2O3/c1-14(2,3)13-15-9-7-8(11(17)12(18)19)5-6-10(9)16(13)4/h5-7H,1-4H3,(H,18,19). The molecule has 0 bridgehead atoms. The number of ketones is 1. The number of rotatable bonds is 2. The summed E-state index contributed by atoms with van der Waals surface area (Å²) in [6.45, 7) is 6.16. The van der Waals surface area contributed by atoms with Crippen molar-refractivity contribution in [3.63, 3.8) is 0 Å². The molecule has 0 aliphatic rings. The molecule has 0 atom stereocenters. The van der Waals surface area contributed by atoms with Crippen molar-refractivity contribution in [2.75, 3.05) is 0 Å². The molecule has 5 nitrogen and oxygen atoms in total. The topological polar surface area (TPSA) is 72.2 Å². The summed E-state index contributed by atoms with van der Waals surface area (Å²) in [5.74, 6) is -1.47. The number of hydrogen-bond donors (Lipinski definition) is 1. The molecule has 0 saturated heterocycles. The van der Waals surface area contributed by atoms with Crippen molar-refractivity contribution < 1.29 is 14.7 Å². The van der Waals surface area contributed by atoms with E-state index in [0.29, 0.717) is 5.52 Å². The molecular weight excluding hydrogens is 244 g/mol. The van der Waals surface area contributed by atoms with Crippen LogP contribution in [-0.2, 0) is 17.3 Å². The monoisotopic (exact) mass is 260 g/mol. The van der Waals surface area contributed by atoms with E-state index in [2.05, 4.69) is 25.8 Å². The van der Waals surface area contributed by atoms with Crippen LogP contribution in [0.3, 0.4) is 0 Å². The summed E-state index contributed by atoms with van der Waals surface area (Å²) < 4.78 is 1.96. The Morgan fingerprint density at radius 3 is 2.42 bits per heavy atom. The molecule has 0 fully saturated rings. The average Bonchev–Trinajstić information content (AvgIpc) is 2.65. The van der Waals surface area contributed by atoms with Crippen molar-refractivity contribution in [2.45, 2.75) is 26.2 Å². The van der Waals surface area contributed by atoms with Crippen molar-refractivity contribution in [3.8, 4) is 0 Å². The van der Waals surface area contributed by atoms with E-state index in [9.17, 15) is 9.59 Å². The summed E-state index contributed by atoms with van der Waals surface area (Å²) in [7, 11) is 1.91. The van der Waals surface area contributed by atoms with Crippen LogP contribution < -0.4 is 0 Å². The van der Waals surface area contributed by atoms with Gasteiger partial charge < -0.3 is 9.67 Å². The Kier molecular flexibility index (Phi) is 2.92. The Labute approximate surface area is 110 Å². The van der Waals surface area contributed by atoms with Gasteiger partial charge in [0.2, 0.25) is 0 Å². The maximum atomic E-state index is 11.4. The third-order valence-electron chi connectivity index (χ3n) is 3.01. The van der Waals surface area contributed by atoms with E-state index < -0.39 is 11.8 Å². The lowest BCUT2D eigenvalue weighted by molar-refractivity contribution is -0.131. The molecule has 1 aromatic heterocycles. The van der Waals surface area contributed by atoms with E-state index in [-0.39, 0.29) is 11.0 Å². The number of aryl methyl sites for hydroxylation is 1. The fraction of sp³-hybridized carbons (Fsp3) is 0.357. The van der Waals surface area contributed by atoms with Crippen molar-refractivity contribution in [3.05, 3.63) is 29.6 Å². The fourth-order valence-corrected chi connectivity index (χ4v) is 2.14. The molecule has 5 heteroatoms. The molecule has 100 valence electrons. The number of imidazole rings is 1. The van der Waals surface area contributed by atoms with Gasteiger partial charge in [-0.2, -0.15) is 0 Å². The number of aliphatic carboxylic acids is 1. The predicted octanol–water partition coefficient (Wildman–Crippen LogP) is 2.14. The number of carbonyl (C=O) groups excluding carboxylic acids is 1. The number of hydrogen-bond acceptors (Lipinski definition) is 3. The molecule has 1 aromatic carbocycles. The molecule has 0 aliphatic carbocycles. The zero-order chi connectivity index (χ0) is 14.4. The molecular formula is C14H16N2O3. The van der Waals surface area contributed by atoms with Crippen LogP contribution in [0.15, 0.2) is 18.2 Å². The number of carbonyl (C=O) groups is 2. The van der Waals surface area contributed by atoms with Crippen LogP contribution in [0, 0.1) is 0 Å². The quantitative estimate of drug-likeness (QED) is 0.663. The lowest BCUT2D eigenvalue weighted by Gasteiger charge is -2.17. The second-order valence-electron chi connectivity index (χ2n) is 5.58. The number of benzene rings is 1. The van der Waals surface area contributed by atoms with Gasteiger partial charge in [0.1, 0.15) is 5.82 Å². The highest BCUT2D eigenvalue weighted by molar-refractivity contribution is 6.40. The molecule has 19 heavy (non-hydrogen) atoms. The highest BCUT2D eigenvalue weighted by Gasteiger charge is 2.22. The molecule has 0 saturated carbocycles. The second-order valence-corrected chi connectivity index (χ2v) is 5.58. The number of carboxylic acids is 1. The number of carboxylic acid groups (broad SMARTS) is 1. The Morgan fingerprint density at radius 1 is 1.26 bits per heavy atom. The molecule has 1 N–H and O–H groups in total. The summed E-state index contributed by atoms with van der Waals surface area (Å²) in [5, 5.41) is 8.72. The fourth-order valence-electron chi connectivity index (χ4n) is 2.14. The Hall–Kier alpha value is -2.17. The van der Waals surface area contributed by atoms with Crippen LogP contribution >= 0.6 is 0 Å². The summed E-state index contributed by atoms with van der Waals surface area (Å²) in [6.07, 6.45) is 0. The minimum Gasteiger partial charge on any atom is -0.475 e. The van der Waals surface area contributed by atoms with Crippen molar-refractivity contribution in [1.29, 1.82) is 0 Å². The normalized spacial score (nSPS) is 11.8. The van der Waals surface area contributed by atoms with Gasteiger partial charge in [0.05, 0.1) is 11.0 Å². The highest BCUT2D eigenvalue weighted by Crippen LogP contribution is 2.25. The van der Waals surface area contributed by atoms with Gasteiger partial charge in [-0.1, -0.05) is 20.8 Å². The first-order chi connectivity index (χ1) is 8.71. The third-order valence-corrected chi connectivity index (χ3v) is 3.01. The largest absolute Gasteiger partial charge is 0.475 e. The smallest absolute Gasteiger partial charge is 0.377 e. The number of Topliss-reactive ketones (excluding diaryl/α,β-unsaturated/α-hetero) is 1. The van der Waals surface area contributed by atoms with Crippen LogP contribution in [0.5, 0.6) is 0 Å². The molecule has 0 spiro atoms. The van der Waals surface area contributed by atoms with Crippen molar-refractivity contribution in [1.82, 2.24) is 9.55 Å². The summed E-state index contributed by atoms with van der Waals surface area (Å²) >= 11 is 0. The molecule has 0 radical (unpaired) electrons. The Balaban J connectivity index is 2.63. The number of fused-ring (bicyclic) bond motifs is 1. The molecule has 0 aliphatic heterocycles. The van der Waals surface area contributed by atoms with E-state index in [1.165, 1.54) is 12.1 Å². The highest BCUT2D eigenvalue weighted by atomic mass is 16.4. The number of nitrogens with zero attached hydrogens (tertiary/aromatic N) is 2. The maximum absolute atomic E-state index is 11.4. The van der Waals surface area contributed by atoms with Gasteiger partial charge in [0, 0.05) is 18.0 Å². The average molecular weight is 260 g/mol. The molecule has 2 aromatic rings. The van der Waals surface area contributed by atoms with Crippen LogP contribution in [0.4, 0.5) is 0 Å². The van der Waals surface area contributed by atoms with Gasteiger partial charge in [-0.15, -0.1) is 0 Å². The van der Waals surface area contributed by atoms with Gasteiger partial charge in [0.25, 0.3) is 5.78 Å². The van der Waals surface area contributed by atoms with Gasteiger partial charge >= 0.3 is 5.97 Å². The van der Waals surface area contributed by atoms with Gasteiger partial charge in [-0.25, -0.2) is 9.78 Å². The molecule has 0 amide bonds. The van der Waals surface area contributed by atoms with E-state index in [1.54, 1.807) is 6.07 Å². The first-order valence-corrected chi connectivity index (χ1v) is 5.96. The van der Waals surface area contributed by atoms with E-state index in [0.717, 1.165) is 11.3 Å². The first kappa shape index (κ1) is 13.3. The Bertz CT molecular complexity index is 678. The van der Waals surface area contributed by atoms with E-state index in [4.69, 9.17) is 5.11 Å². The molecule has 2 rings (SSSR count). The van der Waals surface area contributed by atoms with E-state index in [1.807, 2.05) is 11.6 Å². The summed E-state index contributed by atoms with van der Waals surface area (Å²) in [6, 6.07) is 4.78. The lowest BCUT2D eigenvalue weighted by atomic mass is 9.96. The summed E-state index contributed by atoms with van der Waals surface area (Å²) in [5.41, 5.74) is 1.55. The molecule has 1 heterocycles. The first-order valence-electron chi connectivity index (χ1n) is 5.96. The van der Waals surface area contributed by atoms with Crippen LogP contribution in [-0.4, -0.2) is 26.4 Å². The van der Waals surface area contributed by atoms with Crippen LogP contribution in [0.2, 0.25) is 0 Å². The maximum Gasteiger partial charge on any atom is 0.377 e. The number of aromatic nitrogens is 2. The predicted molar refractivity (Wildman–Crippen MR) is 71.4 cm³/mol. The molecule has 0 unspecified atom stereocenters. The van der Waals surface area contributed by atoms with Gasteiger partial charge in [-0.05, 0) is 18.2 Å². The Morgan fingerprint density at radius 2 is 1.89 bits per heavy atom. The van der Waals surface area contributed by atoms with Gasteiger partial charge in [-0.3, -0.25) is 4.79 Å². The van der Waals surface area contributed by atoms with E-state index >= 15 is 0 Å². The van der Waals surface area contributed by atoms with Crippen LogP contribution in [0.1, 0.15) is 37.0 Å². The van der Waals surface area contributed by atoms with Gasteiger partial charge in [0.15, 0.2) is 0 Å². The SMILES string of the molecule is Cn1c(C(C)(C)C)nc2cc(C(=O)C(=O)O)ccc21. The zero-order valence-corrected chi connectivity index (χ0v) is 11.4. The van der Waals surface area contributed by atoms with Crippen LogP contribution in [0.25, 0.3) is 11.0 Å². The summed E-state index contributed by atoms with van der Waals surface area (Å²) in [4.78, 5) is 26.6. The van der Waals surface area contributed by atoms with Crippen molar-refractivity contribution in [2.24, 2.45) is 7.05 Å². The minimum atomic E-state index is -1.45. The van der Waals surface area contributed by atoms with Crippen molar-refractivity contribution >= 4 is 22.8 Å². The zero-order valence-electron chi connectivity index (χ0n) is 11.4. The minimum absolute atomic E-state index is 0.120. The second kappa shape index (κ2) is 4.19. The lowest BCUT2D eigenvalue weighted by Crippen LogP contribution is -2.17.